The van der Waals surface area contributed by atoms with Gasteiger partial charge in [-0.1, -0.05) is 89.4 Å². The molecule has 1 unspecified atom stereocenters. The monoisotopic (exact) mass is 502 g/mol. The van der Waals surface area contributed by atoms with Crippen molar-refractivity contribution in [2.24, 2.45) is 0 Å². The third kappa shape index (κ3) is 6.73. The predicted octanol–water partition coefficient (Wildman–Crippen LogP) is 5.97. The summed E-state index contributed by atoms with van der Waals surface area (Å²) in [7, 11) is 1.56. The zero-order valence-corrected chi connectivity index (χ0v) is 20.5. The third-order valence-corrected chi connectivity index (χ3v) is 6.55. The van der Waals surface area contributed by atoms with E-state index in [4.69, 9.17) is 34.8 Å². The van der Waals surface area contributed by atoms with Crippen molar-refractivity contribution in [1.29, 1.82) is 0 Å². The average Bonchev–Trinajstić information content (AvgIpc) is 2.82. The summed E-state index contributed by atoms with van der Waals surface area (Å²) in [6, 6.07) is 21.5. The molecule has 33 heavy (non-hydrogen) atoms. The number of hydrogen-bond donors (Lipinski definition) is 1. The molecular formula is C26H25Cl3N2O2. The Morgan fingerprint density at radius 2 is 1.45 bits per heavy atom. The molecule has 3 aromatic rings. The van der Waals surface area contributed by atoms with Crippen LogP contribution < -0.4 is 5.32 Å². The van der Waals surface area contributed by atoms with Gasteiger partial charge in [0.25, 0.3) is 0 Å². The predicted molar refractivity (Wildman–Crippen MR) is 135 cm³/mol. The van der Waals surface area contributed by atoms with Gasteiger partial charge in [-0.15, -0.1) is 0 Å². The van der Waals surface area contributed by atoms with Crippen molar-refractivity contribution < 1.29 is 9.59 Å². The van der Waals surface area contributed by atoms with Crippen LogP contribution in [-0.4, -0.2) is 29.8 Å². The number of nitrogens with one attached hydrogen (secondary N) is 1. The molecule has 0 saturated heterocycles. The third-order valence-electron chi connectivity index (χ3n) is 5.47. The number of amides is 2. The van der Waals surface area contributed by atoms with Crippen molar-refractivity contribution in [2.45, 2.75) is 31.8 Å². The van der Waals surface area contributed by atoms with Crippen LogP contribution in [-0.2, 0) is 29.0 Å². The van der Waals surface area contributed by atoms with Gasteiger partial charge in [0.1, 0.15) is 6.04 Å². The molecule has 0 saturated carbocycles. The molecular weight excluding hydrogens is 479 g/mol. The fraction of sp³-hybridized carbons (Fsp3) is 0.231. The van der Waals surface area contributed by atoms with Crippen LogP contribution in [0.5, 0.6) is 0 Å². The van der Waals surface area contributed by atoms with Crippen LogP contribution >= 0.6 is 34.8 Å². The number of nitrogens with zero attached hydrogens (tertiary/aromatic N) is 1. The standard InChI is InChI=1S/C26H25Cl3N2O2/c1-30-26(33)24(16-18-8-3-2-4-9-18)31(17-20-22(28)12-7-13-23(20)29)25(32)15-14-19-10-5-6-11-21(19)27/h2-13,24H,14-17H2,1H3,(H,30,33). The number of carbonyl (C=O) groups excluding carboxylic acids is 2. The van der Waals surface area contributed by atoms with Gasteiger partial charge in [0.2, 0.25) is 11.8 Å². The number of rotatable bonds is 9. The normalized spacial score (nSPS) is 11.6. The zero-order chi connectivity index (χ0) is 23.8. The van der Waals surface area contributed by atoms with E-state index in [1.165, 1.54) is 0 Å². The summed E-state index contributed by atoms with van der Waals surface area (Å²) < 4.78 is 0. The maximum atomic E-state index is 13.5. The lowest BCUT2D eigenvalue weighted by Crippen LogP contribution is -2.49. The van der Waals surface area contributed by atoms with Gasteiger partial charge in [0, 0.05) is 47.1 Å². The van der Waals surface area contributed by atoms with E-state index in [0.717, 1.165) is 11.1 Å². The highest BCUT2D eigenvalue weighted by molar-refractivity contribution is 6.36. The Bertz CT molecular complexity index is 1090. The van der Waals surface area contributed by atoms with Gasteiger partial charge in [-0.05, 0) is 35.7 Å². The molecule has 2 amide bonds. The first kappa shape index (κ1) is 25.1. The second-order valence-electron chi connectivity index (χ2n) is 7.63. The lowest BCUT2D eigenvalue weighted by Gasteiger charge is -2.32. The molecule has 1 N–H and O–H groups in total. The Kier molecular flexibility index (Phi) is 9.19. The van der Waals surface area contributed by atoms with E-state index in [2.05, 4.69) is 5.32 Å². The first-order valence-corrected chi connectivity index (χ1v) is 11.8. The summed E-state index contributed by atoms with van der Waals surface area (Å²) in [4.78, 5) is 28.0. The largest absolute Gasteiger partial charge is 0.357 e. The molecule has 172 valence electrons. The molecule has 0 radical (unpaired) electrons. The van der Waals surface area contributed by atoms with Crippen molar-refractivity contribution in [3.05, 3.63) is 105 Å². The molecule has 3 rings (SSSR count). The van der Waals surface area contributed by atoms with E-state index < -0.39 is 6.04 Å². The number of benzene rings is 3. The maximum Gasteiger partial charge on any atom is 0.242 e. The molecule has 0 bridgehead atoms. The van der Waals surface area contributed by atoms with E-state index in [0.29, 0.717) is 33.5 Å². The molecule has 0 aliphatic rings. The number of hydrogen-bond acceptors (Lipinski definition) is 2. The van der Waals surface area contributed by atoms with E-state index in [1.54, 1.807) is 36.2 Å². The second kappa shape index (κ2) is 12.1. The highest BCUT2D eigenvalue weighted by Gasteiger charge is 2.30. The van der Waals surface area contributed by atoms with Crippen LogP contribution in [0.25, 0.3) is 0 Å². The van der Waals surface area contributed by atoms with Crippen LogP contribution in [0.3, 0.4) is 0 Å². The molecule has 0 spiro atoms. The number of aryl methyl sites for hydroxylation is 1. The van der Waals surface area contributed by atoms with Crippen molar-refractivity contribution in [2.75, 3.05) is 7.05 Å². The molecule has 7 heteroatoms. The molecule has 3 aromatic carbocycles. The highest BCUT2D eigenvalue weighted by Crippen LogP contribution is 2.28. The molecule has 1 atom stereocenters. The quantitative estimate of drug-likeness (QED) is 0.391. The first-order valence-electron chi connectivity index (χ1n) is 10.6. The van der Waals surface area contributed by atoms with Crippen LogP contribution in [0.2, 0.25) is 15.1 Å². The topological polar surface area (TPSA) is 49.4 Å². The summed E-state index contributed by atoms with van der Waals surface area (Å²) in [6.45, 7) is 0.116. The number of carbonyl (C=O) groups is 2. The van der Waals surface area contributed by atoms with Crippen LogP contribution in [0, 0.1) is 0 Å². The van der Waals surface area contributed by atoms with Gasteiger partial charge in [-0.25, -0.2) is 0 Å². The second-order valence-corrected chi connectivity index (χ2v) is 8.85. The lowest BCUT2D eigenvalue weighted by molar-refractivity contribution is -0.141. The Morgan fingerprint density at radius 3 is 2.09 bits per heavy atom. The lowest BCUT2D eigenvalue weighted by atomic mass is 10.0. The Balaban J connectivity index is 1.93. The van der Waals surface area contributed by atoms with Crippen molar-refractivity contribution in [1.82, 2.24) is 10.2 Å². The zero-order valence-electron chi connectivity index (χ0n) is 18.2. The van der Waals surface area contributed by atoms with Crippen LogP contribution in [0.15, 0.2) is 72.8 Å². The van der Waals surface area contributed by atoms with Crippen molar-refractivity contribution >= 4 is 46.6 Å². The van der Waals surface area contributed by atoms with Gasteiger partial charge >= 0.3 is 0 Å². The average molecular weight is 504 g/mol. The molecule has 0 heterocycles. The Hall–Kier alpha value is -2.53. The van der Waals surface area contributed by atoms with Crippen LogP contribution in [0.4, 0.5) is 0 Å². The Morgan fingerprint density at radius 1 is 0.848 bits per heavy atom. The summed E-state index contributed by atoms with van der Waals surface area (Å²) in [5.41, 5.74) is 2.43. The molecule has 0 aliphatic carbocycles. The van der Waals surface area contributed by atoms with E-state index in [-0.39, 0.29) is 24.8 Å². The van der Waals surface area contributed by atoms with Gasteiger partial charge < -0.3 is 10.2 Å². The van der Waals surface area contributed by atoms with E-state index in [9.17, 15) is 9.59 Å². The SMILES string of the molecule is CNC(=O)C(Cc1ccccc1)N(Cc1c(Cl)cccc1Cl)C(=O)CCc1ccccc1Cl. The molecule has 4 nitrogen and oxygen atoms in total. The molecule has 0 aliphatic heterocycles. The van der Waals surface area contributed by atoms with Crippen molar-refractivity contribution in [3.8, 4) is 0 Å². The van der Waals surface area contributed by atoms with Gasteiger partial charge in [0.15, 0.2) is 0 Å². The number of likely N-dealkylation sites (N-methyl/N-ethyl adjacent to an activating group) is 1. The molecule has 0 aromatic heterocycles. The summed E-state index contributed by atoms with van der Waals surface area (Å²) in [5.74, 6) is -0.441. The van der Waals surface area contributed by atoms with Crippen LogP contribution in [0.1, 0.15) is 23.1 Å². The fourth-order valence-electron chi connectivity index (χ4n) is 3.66. The molecule has 0 fully saturated rings. The highest BCUT2D eigenvalue weighted by atomic mass is 35.5. The van der Waals surface area contributed by atoms with Gasteiger partial charge in [0.05, 0.1) is 0 Å². The summed E-state index contributed by atoms with van der Waals surface area (Å²) >= 11 is 19.1. The number of halogens is 3. The fourth-order valence-corrected chi connectivity index (χ4v) is 4.41. The minimum atomic E-state index is -0.733. The van der Waals surface area contributed by atoms with Crippen molar-refractivity contribution in [3.63, 3.8) is 0 Å². The smallest absolute Gasteiger partial charge is 0.242 e. The Labute approximate surface area is 209 Å². The maximum absolute atomic E-state index is 13.5. The van der Waals surface area contributed by atoms with Gasteiger partial charge in [-0.2, -0.15) is 0 Å². The summed E-state index contributed by atoms with van der Waals surface area (Å²) in [6.07, 6.45) is 1.01. The minimum absolute atomic E-state index is 0.116. The minimum Gasteiger partial charge on any atom is -0.357 e. The first-order chi connectivity index (χ1) is 15.9. The van der Waals surface area contributed by atoms with Gasteiger partial charge in [-0.3, -0.25) is 9.59 Å². The summed E-state index contributed by atoms with van der Waals surface area (Å²) in [5, 5.41) is 4.20. The van der Waals surface area contributed by atoms with E-state index in [1.807, 2.05) is 48.5 Å². The van der Waals surface area contributed by atoms with E-state index >= 15 is 0 Å².